The van der Waals surface area contributed by atoms with Gasteiger partial charge in [-0.1, -0.05) is 96.1 Å². The number of carbonyl (C=O) groups is 5. The highest BCUT2D eigenvalue weighted by atomic mass is 35.5. The molecule has 8 aromatic rings. The molecule has 48 heteroatoms. The number of alkyl halides is 1. The van der Waals surface area contributed by atoms with Crippen LogP contribution in [0.1, 0.15) is 171 Å². The number of benzene rings is 3. The van der Waals surface area contributed by atoms with Gasteiger partial charge < -0.3 is 114 Å². The number of hydrogen-bond acceptors (Lipinski definition) is 33. The summed E-state index contributed by atoms with van der Waals surface area (Å²) in [6.07, 6.45) is -10.6. The smallest absolute Gasteiger partial charge is 0.330 e. The predicted octanol–water partition coefficient (Wildman–Crippen LogP) is 0.318. The zero-order valence-corrected chi connectivity index (χ0v) is 85.0. The summed E-state index contributed by atoms with van der Waals surface area (Å²) in [4.78, 5) is 175. The monoisotopic (exact) mass is 2040 g/mol. The zero-order valence-electron chi connectivity index (χ0n) is 84.2. The standard InChI is InChI=1S/C21H19ClO2.3C15H23N3O6.C14H21N3O7.C11H14N2O4.C5H11NO/c1-23-19-12-8-17(9-13-19)21(22,16-6-4-3-5-7-16)18-10-14-20(24-2)15-11-18;3*1-5-9-10(19)11(23-8(3)13(21)16-4)14(24-9)18-6-7(2)12(20)17-15(18)22;1-6-4-17(14(22)16-11(6)20)13-10(9(19)8(5-18)24-13)23-7(2)12(21)15-3;1-3-6-7(14)8-10(16-6)13-4-5(2)9(15)12-11(13)17-8;1-4(2)5(7)6-3/h3-15H,1-2H3;3*6,8-11,14,19H,5H2,1-4H3,(H,16,21)(H,17,20,22);4,7-10,13,18-19H,5H2,1-3H3,(H,15,21)(H,16,20,22);4,6-8,10,14H,3H2,1-2H3;4H,1-3H3,(H,6,7)/t;8?,9-,10?,11+,14-;8-,9+,10?,11-,14+;8-,9-,10?,11+,14-;7?,8-,9?,10+,13-;6-,7?,8-,10-;/m.10111./s1. The molecule has 0 radical (unpaired) electrons. The number of aliphatic hydroxyl groups is 6. The van der Waals surface area contributed by atoms with Gasteiger partial charge in [-0.3, -0.25) is 90.7 Å². The van der Waals surface area contributed by atoms with Crippen LogP contribution in [0.2, 0.25) is 0 Å². The van der Waals surface area contributed by atoms with Crippen molar-refractivity contribution in [2.24, 2.45) is 5.92 Å². The highest BCUT2D eigenvalue weighted by Gasteiger charge is 2.53. The SMILES string of the molecule is CC[C@H]1O[C@@H](n2cc(C)c(=O)[nH]c2=O)[C@@H](OC(C)C(=O)NC)C1O.CC[C@H]1O[C@@H](n2cc(C)c(=O)[nH]c2=O)[C@@H](O[C@@H](C)C(=O)NC)C1O.CC[C@H]1O[C@@H](n2cc(C)c(=O)[nH]c2=O)[C@@H](O[C@H](C)C(=O)NC)C1O.CC[C@H]1O[C@@H]2[C@H](Oc3nc(=O)c(C)cn32)C1O.CNC(=O)C(C)C.CNC(=O)C(C)O[C@H]1C(O)[C@@H](CO)O[C@H]1n1cc(C)c(=O)[nH]c1=O.COc1ccc(C(Cl)(c2ccccc2)c2ccc(OC)cc2)cc1. The Hall–Kier alpha value is -12.3. The van der Waals surface area contributed by atoms with Crippen LogP contribution in [-0.4, -0.2) is 280 Å². The summed E-state index contributed by atoms with van der Waals surface area (Å²) in [6, 6.07) is 26.0. The second kappa shape index (κ2) is 53.0. The maximum absolute atomic E-state index is 12.1. The Morgan fingerprint density at radius 1 is 0.389 bits per heavy atom. The Bertz CT molecular complexity index is 5670. The number of fused-ring (bicyclic) bond motifs is 3. The van der Waals surface area contributed by atoms with Gasteiger partial charge in [-0.25, -0.2) is 19.2 Å². The van der Waals surface area contributed by atoms with Crippen molar-refractivity contribution in [3.8, 4) is 17.5 Å². The van der Waals surface area contributed by atoms with E-state index < -0.39 is 197 Å². The van der Waals surface area contributed by atoms with E-state index in [1.807, 2.05) is 120 Å². The van der Waals surface area contributed by atoms with Gasteiger partial charge in [0.1, 0.15) is 102 Å². The molecule has 0 saturated carbocycles. The minimum absolute atomic E-state index is 0.0972. The second-order valence-electron chi connectivity index (χ2n) is 34.7. The van der Waals surface area contributed by atoms with Crippen molar-refractivity contribution >= 4 is 41.1 Å². The maximum atomic E-state index is 12.1. The normalized spacial score (nSPS) is 24.9. The average molecular weight is 2050 g/mol. The quantitative estimate of drug-likeness (QED) is 0.0243. The molecule has 47 nitrogen and oxygen atoms in total. The van der Waals surface area contributed by atoms with Gasteiger partial charge in [0, 0.05) is 100.0 Å². The van der Waals surface area contributed by atoms with Crippen molar-refractivity contribution in [2.45, 2.75) is 282 Å². The van der Waals surface area contributed by atoms with Crippen LogP contribution in [0.25, 0.3) is 0 Å². The van der Waals surface area contributed by atoms with Crippen molar-refractivity contribution < 1.29 is 111 Å². The highest BCUT2D eigenvalue weighted by Crippen LogP contribution is 2.45. The van der Waals surface area contributed by atoms with Gasteiger partial charge in [-0.15, -0.1) is 11.6 Å². The first kappa shape index (κ1) is 117. The number of amides is 5. The lowest BCUT2D eigenvalue weighted by atomic mass is 9.84. The van der Waals surface area contributed by atoms with E-state index in [1.54, 1.807) is 80.5 Å². The lowest BCUT2D eigenvalue weighted by Crippen LogP contribution is -2.44. The number of H-pyrrole nitrogens is 4. The van der Waals surface area contributed by atoms with Gasteiger partial charge in [-0.05, 0) is 129 Å². The van der Waals surface area contributed by atoms with E-state index in [0.717, 1.165) is 39.2 Å². The lowest BCUT2D eigenvalue weighted by Gasteiger charge is -2.29. The van der Waals surface area contributed by atoms with Crippen molar-refractivity contribution in [1.29, 1.82) is 0 Å². The molecular formula is C96H134ClN15O32. The molecule has 0 aliphatic carbocycles. The summed E-state index contributed by atoms with van der Waals surface area (Å²) in [5.74, 6) is 0.340. The number of aromatic amines is 4. The van der Waals surface area contributed by atoms with Crippen LogP contribution in [0.5, 0.6) is 17.5 Å². The first-order valence-corrected chi connectivity index (χ1v) is 47.1. The maximum Gasteiger partial charge on any atom is 0.330 e. The number of rotatable bonds is 27. The molecule has 5 aromatic heterocycles. The van der Waals surface area contributed by atoms with Crippen LogP contribution in [0.4, 0.5) is 0 Å². The van der Waals surface area contributed by atoms with Gasteiger partial charge in [0.25, 0.3) is 27.8 Å². The number of aryl methyl sites for hydroxylation is 5. The number of carbonyl (C=O) groups excluding carboxylic acids is 5. The molecule has 5 saturated heterocycles. The van der Waals surface area contributed by atoms with E-state index in [-0.39, 0.29) is 59.0 Å². The largest absolute Gasteiger partial charge is 0.497 e. The van der Waals surface area contributed by atoms with E-state index in [0.29, 0.717) is 41.5 Å². The number of aliphatic hydroxyl groups excluding tert-OH is 6. The number of halogens is 1. The Kier molecular flexibility index (Phi) is 43.0. The third-order valence-electron chi connectivity index (χ3n) is 24.5. The third kappa shape index (κ3) is 27.9. The lowest BCUT2D eigenvalue weighted by molar-refractivity contribution is -0.144. The van der Waals surface area contributed by atoms with Crippen LogP contribution in [0.15, 0.2) is 153 Å². The molecule has 6 aliphatic heterocycles. The number of nitrogens with zero attached hydrogens (tertiary/aromatic N) is 6. The average Bonchev–Trinajstić information content (AvgIpc) is 1.61. The molecule has 792 valence electrons. The van der Waals surface area contributed by atoms with Crippen molar-refractivity contribution in [3.05, 3.63) is 248 Å². The Morgan fingerprint density at radius 3 is 0.917 bits per heavy atom. The molecule has 5 amide bonds. The summed E-state index contributed by atoms with van der Waals surface area (Å²) in [6.45, 7) is 24.6. The molecule has 0 bridgehead atoms. The first-order valence-electron chi connectivity index (χ1n) is 46.7. The summed E-state index contributed by atoms with van der Waals surface area (Å²) < 4.78 is 73.3. The van der Waals surface area contributed by atoms with Crippen molar-refractivity contribution in [3.63, 3.8) is 0 Å². The molecule has 144 heavy (non-hydrogen) atoms. The van der Waals surface area contributed by atoms with Crippen molar-refractivity contribution in [2.75, 3.05) is 56.1 Å². The molecular weight excluding hydrogens is 1910 g/mol. The molecule has 14 rings (SSSR count). The topological polar surface area (TPSA) is 632 Å². The Morgan fingerprint density at radius 2 is 0.653 bits per heavy atom. The van der Waals surface area contributed by atoms with E-state index in [4.69, 9.17) is 68.4 Å². The summed E-state index contributed by atoms with van der Waals surface area (Å²) in [5, 5.41) is 73.2. The fourth-order valence-electron chi connectivity index (χ4n) is 16.1. The van der Waals surface area contributed by atoms with Crippen LogP contribution in [0.3, 0.4) is 0 Å². The Labute approximate surface area is 832 Å². The molecule has 3 aromatic carbocycles. The van der Waals surface area contributed by atoms with Crippen molar-refractivity contribution in [1.82, 2.24) is 74.3 Å². The third-order valence-corrected chi connectivity index (χ3v) is 25.1. The van der Waals surface area contributed by atoms with Gasteiger partial charge >= 0.3 is 28.8 Å². The van der Waals surface area contributed by atoms with Crippen LogP contribution < -0.4 is 91.3 Å². The van der Waals surface area contributed by atoms with Gasteiger partial charge in [0.15, 0.2) is 37.2 Å². The molecule has 24 atom stereocenters. The minimum Gasteiger partial charge on any atom is -0.497 e. The van der Waals surface area contributed by atoms with Gasteiger partial charge in [-0.2, -0.15) is 4.98 Å². The van der Waals surface area contributed by atoms with E-state index in [9.17, 15) is 97.8 Å². The zero-order chi connectivity index (χ0) is 107. The van der Waals surface area contributed by atoms with Crippen LogP contribution >= 0.6 is 11.6 Å². The van der Waals surface area contributed by atoms with Crippen LogP contribution in [0, 0.1) is 40.5 Å². The van der Waals surface area contributed by atoms with Gasteiger partial charge in [0.2, 0.25) is 29.5 Å². The molecule has 15 N–H and O–H groups in total. The fraction of sp³-hybridized carbons (Fsp3) is 0.552. The number of hydrogen-bond donors (Lipinski definition) is 15. The predicted molar refractivity (Wildman–Crippen MR) is 520 cm³/mol. The minimum atomic E-state index is -1.26. The second-order valence-corrected chi connectivity index (χ2v) is 35.3. The summed E-state index contributed by atoms with van der Waals surface area (Å²) in [7, 11) is 10.8. The number of aromatic nitrogens is 10. The molecule has 6 aliphatic rings. The number of nitrogens with one attached hydrogen (secondary N) is 9. The van der Waals surface area contributed by atoms with E-state index in [1.165, 1.54) is 80.5 Å². The molecule has 0 spiro atoms. The van der Waals surface area contributed by atoms with E-state index >= 15 is 0 Å². The molecule has 5 fully saturated rings. The number of ether oxygens (including phenoxy) is 12. The molecule has 7 unspecified atom stereocenters. The molecule has 11 heterocycles. The summed E-state index contributed by atoms with van der Waals surface area (Å²) >= 11 is 7.22. The fourth-order valence-corrected chi connectivity index (χ4v) is 16.4. The van der Waals surface area contributed by atoms with E-state index in [2.05, 4.69) is 51.5 Å². The highest BCUT2D eigenvalue weighted by molar-refractivity contribution is 6.28. The number of methoxy groups -OCH3 is 2. The van der Waals surface area contributed by atoms with Gasteiger partial charge in [0.05, 0.1) is 45.2 Å². The summed E-state index contributed by atoms with van der Waals surface area (Å²) in [5.41, 5.74) is -0.289. The first-order chi connectivity index (χ1) is 68.1. The Balaban J connectivity index is 0.000000209. The number of likely N-dealkylation sites (N-methyl/N-ethyl adjacent to an activating group) is 4. The van der Waals surface area contributed by atoms with Crippen LogP contribution in [-0.2, 0) is 71.5 Å².